The van der Waals surface area contributed by atoms with Crippen molar-refractivity contribution in [2.75, 3.05) is 0 Å². The third-order valence-corrected chi connectivity index (χ3v) is 3.81. The lowest BCUT2D eigenvalue weighted by molar-refractivity contribution is 0.395. The van der Waals surface area contributed by atoms with Crippen molar-refractivity contribution in [2.45, 2.75) is 53.4 Å². The van der Waals surface area contributed by atoms with Crippen molar-refractivity contribution in [3.05, 3.63) is 52.6 Å². The van der Waals surface area contributed by atoms with Crippen LogP contribution < -0.4 is 0 Å². The van der Waals surface area contributed by atoms with Gasteiger partial charge in [-0.15, -0.1) is 0 Å². The number of benzene rings is 2. The number of hydrogen-bond donors (Lipinski definition) is 3. The molecule has 0 radical (unpaired) electrons. The number of phenols is 3. The Morgan fingerprint density at radius 1 is 0.696 bits per heavy atom. The molecular formula is C20H28O3. The molecule has 0 heterocycles. The van der Waals surface area contributed by atoms with E-state index in [1.807, 2.05) is 45.0 Å². The van der Waals surface area contributed by atoms with Gasteiger partial charge in [-0.05, 0) is 48.4 Å². The van der Waals surface area contributed by atoms with Gasteiger partial charge in [-0.25, -0.2) is 0 Å². The Bertz CT molecular complexity index is 658. The van der Waals surface area contributed by atoms with Gasteiger partial charge in [-0.1, -0.05) is 52.0 Å². The molecule has 3 nitrogen and oxygen atoms in total. The zero-order valence-corrected chi connectivity index (χ0v) is 14.9. The van der Waals surface area contributed by atoms with E-state index in [0.717, 1.165) is 16.7 Å². The van der Waals surface area contributed by atoms with E-state index in [1.165, 1.54) is 0 Å². The van der Waals surface area contributed by atoms with Crippen molar-refractivity contribution >= 4 is 0 Å². The van der Waals surface area contributed by atoms with Crippen LogP contribution in [0, 0.1) is 13.8 Å². The molecular weight excluding hydrogens is 288 g/mol. The Morgan fingerprint density at radius 3 is 1.70 bits per heavy atom. The van der Waals surface area contributed by atoms with Crippen LogP contribution >= 0.6 is 0 Å². The molecule has 2 aromatic rings. The summed E-state index contributed by atoms with van der Waals surface area (Å²) < 4.78 is 0. The second kappa shape index (κ2) is 7.91. The third-order valence-electron chi connectivity index (χ3n) is 3.81. The smallest absolute Gasteiger partial charge is 0.161 e. The van der Waals surface area contributed by atoms with E-state index in [9.17, 15) is 15.3 Å². The summed E-state index contributed by atoms with van der Waals surface area (Å²) in [5.74, 6) is 1.07. The molecule has 23 heavy (non-hydrogen) atoms. The predicted octanol–water partition coefficient (Wildman–Crippen LogP) is 5.35. The first-order valence-electron chi connectivity index (χ1n) is 7.96. The maximum absolute atomic E-state index is 9.50. The zero-order chi connectivity index (χ0) is 17.7. The highest BCUT2D eigenvalue weighted by Crippen LogP contribution is 2.35. The Morgan fingerprint density at radius 2 is 1.22 bits per heavy atom. The van der Waals surface area contributed by atoms with Crippen molar-refractivity contribution in [1.82, 2.24) is 0 Å². The van der Waals surface area contributed by atoms with Crippen LogP contribution in [0.2, 0.25) is 0 Å². The maximum Gasteiger partial charge on any atom is 0.161 e. The van der Waals surface area contributed by atoms with E-state index in [0.29, 0.717) is 17.2 Å². The molecule has 0 spiro atoms. The van der Waals surface area contributed by atoms with Gasteiger partial charge in [0.1, 0.15) is 5.75 Å². The van der Waals surface area contributed by atoms with Crippen LogP contribution in [0.3, 0.4) is 0 Å². The van der Waals surface area contributed by atoms with E-state index < -0.39 is 0 Å². The average Bonchev–Trinajstić information content (AvgIpc) is 2.44. The molecule has 2 aromatic carbocycles. The summed E-state index contributed by atoms with van der Waals surface area (Å²) in [6.07, 6.45) is 0. The van der Waals surface area contributed by atoms with Crippen LogP contribution in [0.15, 0.2) is 30.3 Å². The Labute approximate surface area is 139 Å². The van der Waals surface area contributed by atoms with Crippen LogP contribution in [-0.4, -0.2) is 15.3 Å². The van der Waals surface area contributed by atoms with Gasteiger partial charge >= 0.3 is 0 Å². The highest BCUT2D eigenvalue weighted by molar-refractivity contribution is 5.50. The second-order valence-corrected chi connectivity index (χ2v) is 6.54. The fraction of sp³-hybridized carbons (Fsp3) is 0.400. The highest BCUT2D eigenvalue weighted by Gasteiger charge is 2.11. The lowest BCUT2D eigenvalue weighted by Gasteiger charge is -2.10. The fourth-order valence-corrected chi connectivity index (χ4v) is 2.30. The van der Waals surface area contributed by atoms with E-state index >= 15 is 0 Å². The largest absolute Gasteiger partial charge is 0.508 e. The molecule has 0 fully saturated rings. The summed E-state index contributed by atoms with van der Waals surface area (Å²) >= 11 is 0. The molecule has 2 rings (SSSR count). The number of phenolic OH excluding ortho intramolecular Hbond substituents is 3. The van der Waals surface area contributed by atoms with Crippen LogP contribution in [0.4, 0.5) is 0 Å². The zero-order valence-electron chi connectivity index (χ0n) is 14.9. The molecule has 0 aromatic heterocycles. The topological polar surface area (TPSA) is 60.7 Å². The molecule has 0 aliphatic heterocycles. The first kappa shape index (κ1) is 18.9. The predicted molar refractivity (Wildman–Crippen MR) is 95.5 cm³/mol. The normalized spacial score (nSPS) is 10.6. The first-order chi connectivity index (χ1) is 10.6. The summed E-state index contributed by atoms with van der Waals surface area (Å²) in [5, 5.41) is 28.3. The Hall–Kier alpha value is -2.16. The molecule has 0 bridgehead atoms. The van der Waals surface area contributed by atoms with Crippen LogP contribution in [0.1, 0.15) is 61.8 Å². The molecule has 0 atom stereocenters. The number of hydrogen-bond acceptors (Lipinski definition) is 3. The standard InChI is InChI=1S/C10H14O2.C10H14O/c1-6(2)8-5-4-7(3)9(11)10(8)12;1-7(2)9-5-4-8(3)6-10(9)11/h4-6,11-12H,1-3H3;4-7,11H,1-3H3. The van der Waals surface area contributed by atoms with Gasteiger partial charge in [-0.3, -0.25) is 0 Å². The molecule has 3 N–H and O–H groups in total. The first-order valence-corrected chi connectivity index (χ1v) is 7.96. The van der Waals surface area contributed by atoms with Crippen molar-refractivity contribution in [1.29, 1.82) is 0 Å². The summed E-state index contributed by atoms with van der Waals surface area (Å²) in [5.41, 5.74) is 3.62. The summed E-state index contributed by atoms with van der Waals surface area (Å²) in [7, 11) is 0. The SMILES string of the molecule is Cc1ccc(C(C)C)c(O)c1.Cc1ccc(C(C)C)c(O)c1O. The molecule has 3 heteroatoms. The molecule has 0 amide bonds. The minimum atomic E-state index is 0.00111. The van der Waals surface area contributed by atoms with Gasteiger partial charge in [0.25, 0.3) is 0 Å². The molecule has 0 aliphatic carbocycles. The van der Waals surface area contributed by atoms with Crippen molar-refractivity contribution in [3.63, 3.8) is 0 Å². The van der Waals surface area contributed by atoms with Gasteiger partial charge in [0.05, 0.1) is 0 Å². The number of rotatable bonds is 2. The fourth-order valence-electron chi connectivity index (χ4n) is 2.30. The lowest BCUT2D eigenvalue weighted by Crippen LogP contribution is -1.89. The van der Waals surface area contributed by atoms with E-state index in [4.69, 9.17) is 0 Å². The number of aryl methyl sites for hydroxylation is 2. The Kier molecular flexibility index (Phi) is 6.49. The van der Waals surface area contributed by atoms with Gasteiger partial charge in [0.15, 0.2) is 11.5 Å². The molecule has 0 aliphatic rings. The van der Waals surface area contributed by atoms with Crippen LogP contribution in [-0.2, 0) is 0 Å². The van der Waals surface area contributed by atoms with E-state index in [-0.39, 0.29) is 17.4 Å². The Balaban J connectivity index is 0.000000231. The summed E-state index contributed by atoms with van der Waals surface area (Å²) in [4.78, 5) is 0. The van der Waals surface area contributed by atoms with Crippen molar-refractivity contribution in [2.24, 2.45) is 0 Å². The highest BCUT2D eigenvalue weighted by atomic mass is 16.3. The average molecular weight is 316 g/mol. The van der Waals surface area contributed by atoms with Crippen molar-refractivity contribution < 1.29 is 15.3 Å². The van der Waals surface area contributed by atoms with E-state index in [2.05, 4.69) is 13.8 Å². The van der Waals surface area contributed by atoms with Gasteiger partial charge in [-0.2, -0.15) is 0 Å². The van der Waals surface area contributed by atoms with Crippen molar-refractivity contribution in [3.8, 4) is 17.2 Å². The third kappa shape index (κ3) is 4.92. The molecule has 0 saturated heterocycles. The van der Waals surface area contributed by atoms with E-state index in [1.54, 1.807) is 13.0 Å². The van der Waals surface area contributed by atoms with Crippen LogP contribution in [0.25, 0.3) is 0 Å². The summed E-state index contributed by atoms with van der Waals surface area (Å²) in [6.45, 7) is 11.8. The summed E-state index contributed by atoms with van der Waals surface area (Å²) in [6, 6.07) is 9.46. The van der Waals surface area contributed by atoms with Gasteiger partial charge < -0.3 is 15.3 Å². The minimum absolute atomic E-state index is 0.00111. The number of aromatic hydroxyl groups is 3. The van der Waals surface area contributed by atoms with Gasteiger partial charge in [0.2, 0.25) is 0 Å². The molecule has 126 valence electrons. The minimum Gasteiger partial charge on any atom is -0.508 e. The van der Waals surface area contributed by atoms with Gasteiger partial charge in [0, 0.05) is 5.56 Å². The maximum atomic E-state index is 9.50. The quantitative estimate of drug-likeness (QED) is 0.654. The molecule has 0 unspecified atom stereocenters. The lowest BCUT2D eigenvalue weighted by atomic mass is 10.00. The monoisotopic (exact) mass is 316 g/mol. The van der Waals surface area contributed by atoms with Crippen LogP contribution in [0.5, 0.6) is 17.2 Å². The molecule has 0 saturated carbocycles. The second-order valence-electron chi connectivity index (χ2n) is 6.54.